The molecule has 0 aliphatic carbocycles. The number of aryl methyl sites for hydroxylation is 1. The maximum Gasteiger partial charge on any atom is 0.271 e. The van der Waals surface area contributed by atoms with Gasteiger partial charge in [0, 0.05) is 43.8 Å². The van der Waals surface area contributed by atoms with Gasteiger partial charge in [-0.15, -0.1) is 0 Å². The number of ether oxygens (including phenoxy) is 6. The van der Waals surface area contributed by atoms with E-state index in [2.05, 4.69) is 31.6 Å². The predicted molar refractivity (Wildman–Crippen MR) is 388 cm³/mol. The number of methoxy groups -OCH3 is 6. The fraction of sp³-hybridized carbons (Fsp3) is 0.0959. The second kappa shape index (κ2) is 36.2. The Labute approximate surface area is 590 Å². The lowest BCUT2D eigenvalue weighted by atomic mass is 10.1. The molecule has 0 spiro atoms. The molecule has 510 valence electrons. The number of benzene rings is 9. The summed E-state index contributed by atoms with van der Waals surface area (Å²) in [5.74, 6) is 1.13. The zero-order valence-electron chi connectivity index (χ0n) is 53.8. The first-order valence-electron chi connectivity index (χ1n) is 29.1. The SMILES string of the molecule is COc1cc(/C=N/NC(=O)c2ccc(O)c(Cl)c2)cc(/C=C/S(=O)(=O)c2ccc(C)cc2)c1OC.COc1cc(/C=N/NC(=O)c2ccc(O)c(Cl)c2)cc(/C=C/c2ccc(Cl)cc2)c1OC.COc1cc(/C=N/NC(=O)c2ccc(O)c(Cl)c2)cc(/C=C/c2cccc(O)c2)c1OC. The lowest BCUT2D eigenvalue weighted by molar-refractivity contribution is 0.0947. The van der Waals surface area contributed by atoms with E-state index in [1.54, 1.807) is 88.1 Å². The molecule has 21 nitrogen and oxygen atoms in total. The van der Waals surface area contributed by atoms with E-state index in [1.165, 1.54) is 101 Å². The normalized spacial score (nSPS) is 11.3. The highest BCUT2D eigenvalue weighted by atomic mass is 35.5. The van der Waals surface area contributed by atoms with Gasteiger partial charge < -0.3 is 48.8 Å². The van der Waals surface area contributed by atoms with E-state index >= 15 is 0 Å². The molecule has 26 heteroatoms. The summed E-state index contributed by atoms with van der Waals surface area (Å²) in [6.45, 7) is 1.87. The third kappa shape index (κ3) is 21.6. The number of nitrogens with zero attached hydrogens (tertiary/aromatic N) is 3. The van der Waals surface area contributed by atoms with Crippen molar-refractivity contribution in [2.75, 3.05) is 42.7 Å². The maximum atomic E-state index is 12.7. The third-order valence-corrected chi connectivity index (χ3v) is 16.4. The van der Waals surface area contributed by atoms with Gasteiger partial charge in [-0.1, -0.05) is 113 Å². The van der Waals surface area contributed by atoms with Crippen molar-refractivity contribution in [1.29, 1.82) is 0 Å². The highest BCUT2D eigenvalue weighted by molar-refractivity contribution is 7.94. The number of nitrogens with one attached hydrogen (secondary N) is 3. The molecule has 9 aromatic carbocycles. The van der Waals surface area contributed by atoms with Crippen LogP contribution in [0, 0.1) is 6.92 Å². The molecule has 0 fully saturated rings. The predicted octanol–water partition coefficient (Wildman–Crippen LogP) is 14.9. The molecule has 99 heavy (non-hydrogen) atoms. The molecule has 0 aromatic heterocycles. The Morgan fingerprint density at radius 1 is 0.404 bits per heavy atom. The van der Waals surface area contributed by atoms with Gasteiger partial charge in [0.2, 0.25) is 0 Å². The Bertz CT molecular complexity index is 4700. The average molecular weight is 1440 g/mol. The highest BCUT2D eigenvalue weighted by Gasteiger charge is 2.17. The summed E-state index contributed by atoms with van der Waals surface area (Å²) < 4.78 is 58.1. The quantitative estimate of drug-likeness (QED) is 0.0189. The summed E-state index contributed by atoms with van der Waals surface area (Å²) in [5.41, 5.74) is 14.4. The van der Waals surface area contributed by atoms with Gasteiger partial charge >= 0.3 is 0 Å². The Morgan fingerprint density at radius 2 is 0.778 bits per heavy atom. The van der Waals surface area contributed by atoms with Crippen molar-refractivity contribution >= 4 is 123 Å². The van der Waals surface area contributed by atoms with Gasteiger partial charge in [0.1, 0.15) is 23.0 Å². The largest absolute Gasteiger partial charge is 0.508 e. The zero-order valence-corrected chi connectivity index (χ0v) is 57.7. The van der Waals surface area contributed by atoms with E-state index in [0.29, 0.717) is 67.3 Å². The molecular weight excluding hydrogens is 1370 g/mol. The standard InChI is InChI=1S/C25H23ClN2O6S.C24H20Cl2N2O4.C24H21ClN2O5/c1-16-4-7-20(8-5-16)35(31,32)11-10-18-12-17(13-23(33-2)24(18)34-3)15-27-28-25(30)19-6-9-22(29)21(26)14-19;1-31-22-12-16(14-27-28-24(30)18-7-10-21(29)20(26)13-18)11-17(23(22)32-2)6-3-15-4-8-19(25)9-5-15;1-31-22-12-16(14-26-27-24(30)18-8-9-21(29)20(25)13-18)10-17(23(22)32-2)7-6-15-4-3-5-19(28)11-15/h4-15,29H,1-3H3,(H,28,30);3-14,29H,1-2H3,(H,28,30);3-14,28-29H,1-2H3,(H,27,30)/b11-10+,27-15+;6-3+,27-14+;7-6+,26-14+. The van der Waals surface area contributed by atoms with Crippen molar-refractivity contribution in [1.82, 2.24) is 16.3 Å². The van der Waals surface area contributed by atoms with Crippen LogP contribution in [0.25, 0.3) is 30.4 Å². The van der Waals surface area contributed by atoms with Crippen molar-refractivity contribution in [3.63, 3.8) is 0 Å². The minimum absolute atomic E-state index is 0.0403. The van der Waals surface area contributed by atoms with Crippen LogP contribution in [-0.2, 0) is 9.84 Å². The minimum atomic E-state index is -3.69. The van der Waals surface area contributed by atoms with Gasteiger partial charge in [0.25, 0.3) is 17.7 Å². The summed E-state index contributed by atoms with van der Waals surface area (Å²) in [4.78, 5) is 36.9. The molecule has 0 atom stereocenters. The molecule has 0 aliphatic heterocycles. The smallest absolute Gasteiger partial charge is 0.271 e. The average Bonchev–Trinajstić information content (AvgIpc) is 0.837. The van der Waals surface area contributed by atoms with Crippen LogP contribution < -0.4 is 44.7 Å². The Hall–Kier alpha value is -11.3. The second-order valence-electron chi connectivity index (χ2n) is 20.6. The van der Waals surface area contributed by atoms with Crippen LogP contribution in [0.3, 0.4) is 0 Å². The van der Waals surface area contributed by atoms with Crippen LogP contribution in [-0.4, -0.2) is 108 Å². The number of halogens is 4. The minimum Gasteiger partial charge on any atom is -0.508 e. The van der Waals surface area contributed by atoms with Crippen LogP contribution in [0.5, 0.6) is 57.5 Å². The van der Waals surface area contributed by atoms with Gasteiger partial charge in [-0.05, 0) is 168 Å². The molecule has 9 aromatic rings. The van der Waals surface area contributed by atoms with Crippen molar-refractivity contribution in [3.8, 4) is 57.5 Å². The number of sulfone groups is 1. The van der Waals surface area contributed by atoms with Gasteiger partial charge in [-0.2, -0.15) is 15.3 Å². The first-order valence-corrected chi connectivity index (χ1v) is 32.2. The van der Waals surface area contributed by atoms with E-state index in [-0.39, 0.29) is 59.7 Å². The summed E-state index contributed by atoms with van der Waals surface area (Å²) in [7, 11) is 5.38. The maximum absolute atomic E-state index is 12.7. The summed E-state index contributed by atoms with van der Waals surface area (Å²) >= 11 is 23.4. The number of amides is 3. The Kier molecular flexibility index (Phi) is 27.5. The first-order chi connectivity index (χ1) is 47.5. The molecule has 0 aliphatic rings. The summed E-state index contributed by atoms with van der Waals surface area (Å²) in [5, 5.41) is 51.9. The van der Waals surface area contributed by atoms with Crippen LogP contribution in [0.1, 0.15) is 81.1 Å². The van der Waals surface area contributed by atoms with Crippen molar-refractivity contribution in [2.45, 2.75) is 11.8 Å². The number of hydrazone groups is 3. The van der Waals surface area contributed by atoms with Gasteiger partial charge in [-0.25, -0.2) is 24.7 Å². The molecule has 0 saturated carbocycles. The molecule has 0 unspecified atom stereocenters. The molecule has 0 bridgehead atoms. The number of carbonyl (C=O) groups excluding carboxylic acids is 3. The number of carbonyl (C=O) groups is 3. The summed E-state index contributed by atoms with van der Waals surface area (Å²) in [6.07, 6.45) is 13.2. The van der Waals surface area contributed by atoms with Gasteiger partial charge in [0.15, 0.2) is 44.3 Å². The number of phenols is 4. The van der Waals surface area contributed by atoms with E-state index < -0.39 is 27.6 Å². The lowest BCUT2D eigenvalue weighted by Crippen LogP contribution is -2.17. The van der Waals surface area contributed by atoms with Crippen LogP contribution in [0.4, 0.5) is 0 Å². The van der Waals surface area contributed by atoms with E-state index in [0.717, 1.165) is 27.7 Å². The van der Waals surface area contributed by atoms with E-state index in [9.17, 15) is 43.2 Å². The third-order valence-electron chi connectivity index (χ3n) is 13.8. The molecule has 9 rings (SSSR count). The monoisotopic (exact) mass is 1440 g/mol. The van der Waals surface area contributed by atoms with Crippen LogP contribution >= 0.6 is 46.4 Å². The number of aromatic hydroxyl groups is 4. The number of phenolic OH excluding ortho intramolecular Hbond substituents is 4. The molecular formula is C73H64Cl4N6O15S. The number of hydrogen-bond acceptors (Lipinski definition) is 18. The van der Waals surface area contributed by atoms with Crippen molar-refractivity contribution < 1.29 is 71.6 Å². The first kappa shape index (κ1) is 75.1. The highest BCUT2D eigenvalue weighted by Crippen LogP contribution is 2.37. The Morgan fingerprint density at radius 3 is 1.13 bits per heavy atom. The molecule has 7 N–H and O–H groups in total. The van der Waals surface area contributed by atoms with Crippen molar-refractivity contribution in [2.24, 2.45) is 15.3 Å². The van der Waals surface area contributed by atoms with Crippen LogP contribution in [0.2, 0.25) is 20.1 Å². The summed E-state index contributed by atoms with van der Waals surface area (Å²) in [6, 6.07) is 43.5. The molecule has 0 heterocycles. The lowest BCUT2D eigenvalue weighted by Gasteiger charge is -2.12. The van der Waals surface area contributed by atoms with Gasteiger partial charge in [-0.3, -0.25) is 14.4 Å². The van der Waals surface area contributed by atoms with E-state index in [4.69, 9.17) is 74.8 Å². The molecule has 3 amide bonds. The zero-order chi connectivity index (χ0) is 71.8. The fourth-order valence-corrected chi connectivity index (χ4v) is 10.5. The number of rotatable bonds is 22. The second-order valence-corrected chi connectivity index (χ2v) is 24.1. The topological polar surface area (TPSA) is 295 Å². The molecule has 0 radical (unpaired) electrons. The van der Waals surface area contributed by atoms with Crippen molar-refractivity contribution in [3.05, 3.63) is 256 Å². The van der Waals surface area contributed by atoms with Crippen LogP contribution in [0.15, 0.2) is 189 Å². The molecule has 0 saturated heterocycles. The van der Waals surface area contributed by atoms with E-state index in [1.807, 2.05) is 73.7 Å². The number of hydrogen-bond donors (Lipinski definition) is 7. The Balaban J connectivity index is 0.000000209. The van der Waals surface area contributed by atoms with Gasteiger partial charge in [0.05, 0.1) is 81.3 Å². The fourth-order valence-electron chi connectivity index (χ4n) is 8.82.